The van der Waals surface area contributed by atoms with Gasteiger partial charge in [0.05, 0.1) is 4.92 Å². The number of hydrogen-bond donors (Lipinski definition) is 2. The number of nitrogens with one attached hydrogen (secondary N) is 1. The van der Waals surface area contributed by atoms with Gasteiger partial charge in [0.2, 0.25) is 0 Å². The Kier molecular flexibility index (Phi) is 6.55. The number of hydrogen-bond acceptors (Lipinski definition) is 5. The molecule has 2 N–H and O–H groups in total. The summed E-state index contributed by atoms with van der Waals surface area (Å²) in [5.74, 6) is -0.412. The van der Waals surface area contributed by atoms with Crippen molar-refractivity contribution in [2.45, 2.75) is 52.4 Å². The molecule has 0 aromatic heterocycles. The van der Waals surface area contributed by atoms with Crippen LogP contribution < -0.4 is 5.32 Å². The van der Waals surface area contributed by atoms with E-state index in [1.54, 1.807) is 12.1 Å². The van der Waals surface area contributed by atoms with Gasteiger partial charge < -0.3 is 10.4 Å². The number of phenols is 1. The van der Waals surface area contributed by atoms with Gasteiger partial charge in [0.25, 0.3) is 11.6 Å². The number of carbonyl (C=O) groups excluding carboxylic acids is 1. The van der Waals surface area contributed by atoms with E-state index >= 15 is 0 Å². The molecule has 0 fully saturated rings. The molecule has 2 aromatic carbocycles. The van der Waals surface area contributed by atoms with Gasteiger partial charge in [-0.05, 0) is 46.7 Å². The molecule has 1 amide bonds. The Morgan fingerprint density at radius 3 is 1.94 bits per heavy atom. The van der Waals surface area contributed by atoms with Crippen molar-refractivity contribution in [2.24, 2.45) is 0 Å². The maximum absolute atomic E-state index is 12.6. The highest BCUT2D eigenvalue weighted by Gasteiger charge is 2.26. The van der Waals surface area contributed by atoms with Crippen LogP contribution in [-0.4, -0.2) is 15.9 Å². The van der Waals surface area contributed by atoms with Crippen molar-refractivity contribution >= 4 is 23.4 Å². The van der Waals surface area contributed by atoms with Crippen molar-refractivity contribution in [1.82, 2.24) is 0 Å². The van der Waals surface area contributed by atoms with Crippen molar-refractivity contribution in [3.05, 3.63) is 68.8 Å². The molecule has 0 heterocycles. The van der Waals surface area contributed by atoms with Crippen LogP contribution in [0.5, 0.6) is 5.75 Å². The smallest absolute Gasteiger partial charge is 0.269 e. The quantitative estimate of drug-likeness (QED) is 0.295. The Morgan fingerprint density at radius 1 is 1.06 bits per heavy atom. The molecule has 0 spiro atoms. The molecule has 2 aromatic rings. The number of carbonyl (C=O) groups is 1. The number of nitriles is 1. The van der Waals surface area contributed by atoms with Crippen molar-refractivity contribution in [3.63, 3.8) is 0 Å². The number of nitro groups is 1. The predicted molar refractivity (Wildman–Crippen MR) is 121 cm³/mol. The van der Waals surface area contributed by atoms with Gasteiger partial charge in [-0.1, -0.05) is 41.5 Å². The van der Waals surface area contributed by atoms with Crippen LogP contribution in [0.2, 0.25) is 0 Å². The van der Waals surface area contributed by atoms with E-state index in [1.807, 2.05) is 47.6 Å². The van der Waals surface area contributed by atoms with Crippen molar-refractivity contribution < 1.29 is 14.8 Å². The lowest BCUT2D eigenvalue weighted by Gasteiger charge is -2.28. The normalized spacial score (nSPS) is 12.2. The number of rotatable bonds is 4. The monoisotopic (exact) mass is 421 g/mol. The van der Waals surface area contributed by atoms with Crippen LogP contribution in [0, 0.1) is 21.4 Å². The van der Waals surface area contributed by atoms with E-state index in [2.05, 4.69) is 5.32 Å². The molecule has 0 bridgehead atoms. The molecule has 0 atom stereocenters. The first-order valence-corrected chi connectivity index (χ1v) is 9.79. The molecule has 0 radical (unpaired) electrons. The molecule has 0 aliphatic heterocycles. The second-order valence-electron chi connectivity index (χ2n) is 9.39. The predicted octanol–water partition coefficient (Wildman–Crippen LogP) is 5.44. The first-order chi connectivity index (χ1) is 14.2. The van der Waals surface area contributed by atoms with E-state index in [4.69, 9.17) is 0 Å². The Bertz CT molecular complexity index is 1040. The van der Waals surface area contributed by atoms with Crippen molar-refractivity contribution in [2.75, 3.05) is 5.32 Å². The van der Waals surface area contributed by atoms with E-state index in [0.29, 0.717) is 11.3 Å². The highest BCUT2D eigenvalue weighted by molar-refractivity contribution is 6.09. The average molecular weight is 421 g/mol. The van der Waals surface area contributed by atoms with Gasteiger partial charge in [-0.15, -0.1) is 0 Å². The maximum Gasteiger partial charge on any atom is 0.269 e. The van der Waals surface area contributed by atoms with Crippen molar-refractivity contribution in [3.8, 4) is 11.8 Å². The summed E-state index contributed by atoms with van der Waals surface area (Å²) in [5, 5.41) is 33.7. The third kappa shape index (κ3) is 5.70. The fourth-order valence-electron chi connectivity index (χ4n) is 3.06. The zero-order valence-electron chi connectivity index (χ0n) is 18.6. The van der Waals surface area contributed by atoms with Gasteiger partial charge >= 0.3 is 0 Å². The summed E-state index contributed by atoms with van der Waals surface area (Å²) in [5.41, 5.74) is 1.50. The Labute approximate surface area is 182 Å². The highest BCUT2D eigenvalue weighted by Crippen LogP contribution is 2.40. The number of nitro benzene ring substituents is 1. The molecule has 0 unspecified atom stereocenters. The van der Waals surface area contributed by atoms with Gasteiger partial charge in [0.15, 0.2) is 0 Å². The van der Waals surface area contributed by atoms with E-state index < -0.39 is 10.8 Å². The molecule has 0 saturated heterocycles. The highest BCUT2D eigenvalue weighted by atomic mass is 16.6. The summed E-state index contributed by atoms with van der Waals surface area (Å²) in [7, 11) is 0. The van der Waals surface area contributed by atoms with Gasteiger partial charge in [0, 0.05) is 28.9 Å². The van der Waals surface area contributed by atoms with Crippen molar-refractivity contribution in [1.29, 1.82) is 5.26 Å². The van der Waals surface area contributed by atoms with Crippen LogP contribution in [-0.2, 0) is 15.6 Å². The Morgan fingerprint density at radius 2 is 1.55 bits per heavy atom. The number of phenolic OH excluding ortho intramolecular Hbond substituents is 1. The number of aromatic hydroxyl groups is 1. The SMILES string of the molecule is CC(C)(C)c1cc(/C=C(\C#N)C(=O)Nc2ccc([N+](=O)[O-])cc2)cc(C(C)(C)C)c1O. The topological polar surface area (TPSA) is 116 Å². The van der Waals surface area contributed by atoms with Crippen LogP contribution in [0.3, 0.4) is 0 Å². The molecule has 0 saturated carbocycles. The molecule has 0 aliphatic carbocycles. The van der Waals surface area contributed by atoms with Gasteiger partial charge in [-0.3, -0.25) is 14.9 Å². The molecule has 2 rings (SSSR count). The van der Waals surface area contributed by atoms with E-state index in [0.717, 1.165) is 11.1 Å². The standard InChI is InChI=1S/C24H27N3O4/c1-23(2,3)19-12-15(13-20(21(19)28)24(4,5)6)11-16(14-25)22(29)26-17-7-9-18(10-8-17)27(30)31/h7-13,28H,1-6H3,(H,26,29)/b16-11+. The van der Waals surface area contributed by atoms with Gasteiger partial charge in [-0.2, -0.15) is 5.26 Å². The lowest BCUT2D eigenvalue weighted by atomic mass is 9.78. The maximum atomic E-state index is 12.6. The summed E-state index contributed by atoms with van der Waals surface area (Å²) >= 11 is 0. The lowest BCUT2D eigenvalue weighted by molar-refractivity contribution is -0.384. The van der Waals surface area contributed by atoms with Crippen LogP contribution in [0.4, 0.5) is 11.4 Å². The summed E-state index contributed by atoms with van der Waals surface area (Å²) in [6.07, 6.45) is 1.48. The second-order valence-corrected chi connectivity index (χ2v) is 9.39. The third-order valence-electron chi connectivity index (χ3n) is 4.76. The minimum atomic E-state index is -0.626. The number of benzene rings is 2. The van der Waals surface area contributed by atoms with Gasteiger partial charge in [0.1, 0.15) is 17.4 Å². The largest absolute Gasteiger partial charge is 0.507 e. The zero-order valence-corrected chi connectivity index (χ0v) is 18.6. The molecule has 0 aliphatic rings. The molecule has 7 heteroatoms. The number of non-ortho nitro benzene ring substituents is 1. The van der Waals surface area contributed by atoms with Gasteiger partial charge in [-0.25, -0.2) is 0 Å². The fourth-order valence-corrected chi connectivity index (χ4v) is 3.06. The second kappa shape index (κ2) is 8.60. The average Bonchev–Trinajstić information content (AvgIpc) is 2.65. The fraction of sp³-hybridized carbons (Fsp3) is 0.333. The molecular formula is C24H27N3O4. The number of amides is 1. The number of nitrogens with zero attached hydrogens (tertiary/aromatic N) is 2. The minimum Gasteiger partial charge on any atom is -0.507 e. The summed E-state index contributed by atoms with van der Waals surface area (Å²) in [6.45, 7) is 11.9. The zero-order chi connectivity index (χ0) is 23.6. The first kappa shape index (κ1) is 23.6. The molecular weight excluding hydrogens is 394 g/mol. The lowest BCUT2D eigenvalue weighted by Crippen LogP contribution is -2.18. The summed E-state index contributed by atoms with van der Waals surface area (Å²) in [6, 6.07) is 10.8. The summed E-state index contributed by atoms with van der Waals surface area (Å²) in [4.78, 5) is 22.8. The van der Waals surface area contributed by atoms with Crippen LogP contribution >= 0.6 is 0 Å². The van der Waals surface area contributed by atoms with E-state index in [1.165, 1.54) is 30.3 Å². The van der Waals surface area contributed by atoms with Crippen LogP contribution in [0.1, 0.15) is 58.2 Å². The van der Waals surface area contributed by atoms with E-state index in [9.17, 15) is 25.3 Å². The molecule has 7 nitrogen and oxygen atoms in total. The molecule has 162 valence electrons. The van der Waals surface area contributed by atoms with Crippen LogP contribution in [0.25, 0.3) is 6.08 Å². The molecule has 31 heavy (non-hydrogen) atoms. The minimum absolute atomic E-state index is 0.0949. The Hall–Kier alpha value is -3.66. The third-order valence-corrected chi connectivity index (χ3v) is 4.76. The Balaban J connectivity index is 2.46. The van der Waals surface area contributed by atoms with E-state index in [-0.39, 0.29) is 27.8 Å². The first-order valence-electron chi connectivity index (χ1n) is 9.79. The van der Waals surface area contributed by atoms with Crippen LogP contribution in [0.15, 0.2) is 42.0 Å². The number of anilines is 1. The summed E-state index contributed by atoms with van der Waals surface area (Å²) < 4.78 is 0.